The van der Waals surface area contributed by atoms with E-state index in [4.69, 9.17) is 0 Å². The number of hydrogen-bond donors (Lipinski definition) is 1. The van der Waals surface area contributed by atoms with E-state index in [9.17, 15) is 0 Å². The lowest BCUT2D eigenvalue weighted by molar-refractivity contribution is 0.0125. The summed E-state index contributed by atoms with van der Waals surface area (Å²) in [5.41, 5.74) is 2.05. The van der Waals surface area contributed by atoms with E-state index in [1.165, 1.54) is 50.9 Å². The van der Waals surface area contributed by atoms with Crippen molar-refractivity contribution in [2.45, 2.75) is 63.5 Å². The normalized spacial score (nSPS) is 29.3. The summed E-state index contributed by atoms with van der Waals surface area (Å²) in [6.07, 6.45) is 9.74. The highest BCUT2D eigenvalue weighted by atomic mass is 15.3. The molecule has 0 aromatic carbocycles. The van der Waals surface area contributed by atoms with Crippen LogP contribution in [0.2, 0.25) is 0 Å². The van der Waals surface area contributed by atoms with Crippen LogP contribution in [0.25, 0.3) is 0 Å². The third kappa shape index (κ3) is 2.88. The minimum Gasteiger partial charge on any atom is -0.308 e. The molecular weight excluding hydrogens is 260 g/mol. The second-order valence-corrected chi connectivity index (χ2v) is 7.32. The zero-order valence-corrected chi connectivity index (χ0v) is 13.9. The van der Waals surface area contributed by atoms with Gasteiger partial charge in [0, 0.05) is 56.1 Å². The Kier molecular flexibility index (Phi) is 4.10. The number of hydrogen-bond acceptors (Lipinski definition) is 3. The van der Waals surface area contributed by atoms with Gasteiger partial charge < -0.3 is 5.32 Å². The molecular formula is C17H30N4. The van der Waals surface area contributed by atoms with E-state index < -0.39 is 0 Å². The maximum atomic E-state index is 4.30. The van der Waals surface area contributed by atoms with Crippen LogP contribution < -0.4 is 5.32 Å². The van der Waals surface area contributed by atoms with Crippen molar-refractivity contribution in [2.75, 3.05) is 19.6 Å². The third-order valence-electron chi connectivity index (χ3n) is 5.93. The third-order valence-corrected chi connectivity index (χ3v) is 5.93. The Balaban J connectivity index is 1.72. The second kappa shape index (κ2) is 5.73. The molecule has 0 amide bonds. The van der Waals surface area contributed by atoms with Crippen molar-refractivity contribution in [3.63, 3.8) is 0 Å². The number of rotatable bonds is 4. The molecule has 1 aliphatic carbocycles. The number of nitrogens with one attached hydrogen (secondary N) is 1. The molecule has 1 aromatic rings. The van der Waals surface area contributed by atoms with Gasteiger partial charge in [0.05, 0.1) is 0 Å². The van der Waals surface area contributed by atoms with E-state index in [2.05, 4.69) is 42.3 Å². The summed E-state index contributed by atoms with van der Waals surface area (Å²) in [4.78, 5) is 2.80. The Hall–Kier alpha value is -0.870. The zero-order chi connectivity index (χ0) is 14.9. The lowest BCUT2D eigenvalue weighted by atomic mass is 9.85. The van der Waals surface area contributed by atoms with Gasteiger partial charge >= 0.3 is 0 Å². The monoisotopic (exact) mass is 290 g/mol. The Morgan fingerprint density at radius 3 is 2.71 bits per heavy atom. The molecule has 1 spiro atoms. The van der Waals surface area contributed by atoms with Crippen LogP contribution in [0.1, 0.15) is 51.6 Å². The van der Waals surface area contributed by atoms with Crippen LogP contribution in [0, 0.1) is 0 Å². The minimum absolute atomic E-state index is 0.278. The quantitative estimate of drug-likeness (QED) is 0.924. The highest BCUT2D eigenvalue weighted by Gasteiger charge is 2.46. The van der Waals surface area contributed by atoms with Crippen LogP contribution >= 0.6 is 0 Å². The van der Waals surface area contributed by atoms with Crippen LogP contribution in [0.4, 0.5) is 0 Å². The molecule has 1 saturated carbocycles. The summed E-state index contributed by atoms with van der Waals surface area (Å²) in [5, 5.41) is 8.15. The molecule has 3 rings (SSSR count). The van der Waals surface area contributed by atoms with Gasteiger partial charge in [-0.15, -0.1) is 0 Å². The van der Waals surface area contributed by atoms with Crippen molar-refractivity contribution in [1.82, 2.24) is 20.0 Å². The maximum Gasteiger partial charge on any atom is 0.0492 e. The van der Waals surface area contributed by atoms with E-state index >= 15 is 0 Å². The lowest BCUT2D eigenvalue weighted by Crippen LogP contribution is -2.68. The van der Waals surface area contributed by atoms with Gasteiger partial charge in [-0.05, 0) is 32.3 Å². The Morgan fingerprint density at radius 2 is 2.10 bits per heavy atom. The molecule has 0 bridgehead atoms. The van der Waals surface area contributed by atoms with E-state index in [1.54, 1.807) is 0 Å². The molecule has 1 unspecified atom stereocenters. The molecule has 1 aliphatic heterocycles. The topological polar surface area (TPSA) is 33.1 Å². The number of aromatic nitrogens is 2. The lowest BCUT2D eigenvalue weighted by Gasteiger charge is -2.52. The van der Waals surface area contributed by atoms with E-state index in [0.717, 1.165) is 13.0 Å². The molecule has 1 aromatic heterocycles. The van der Waals surface area contributed by atoms with E-state index in [1.807, 2.05) is 10.9 Å². The molecule has 1 N–H and O–H groups in total. The molecule has 4 nitrogen and oxygen atoms in total. The first-order valence-electron chi connectivity index (χ1n) is 8.54. The van der Waals surface area contributed by atoms with Crippen LogP contribution in [-0.4, -0.2) is 45.4 Å². The highest BCUT2D eigenvalue weighted by Crippen LogP contribution is 2.39. The summed E-state index contributed by atoms with van der Waals surface area (Å²) in [5.74, 6) is 0. The van der Waals surface area contributed by atoms with E-state index in [-0.39, 0.29) is 5.54 Å². The molecule has 2 aliphatic rings. The predicted octanol–water partition coefficient (Wildman–Crippen LogP) is 2.35. The predicted molar refractivity (Wildman–Crippen MR) is 86.4 cm³/mol. The Bertz CT molecular complexity index is 475. The van der Waals surface area contributed by atoms with Crippen LogP contribution in [0.15, 0.2) is 12.3 Å². The molecule has 21 heavy (non-hydrogen) atoms. The summed E-state index contributed by atoms with van der Waals surface area (Å²) >= 11 is 0. The summed E-state index contributed by atoms with van der Waals surface area (Å²) in [6, 6.07) is 2.16. The first-order valence-corrected chi connectivity index (χ1v) is 8.54. The maximum absolute atomic E-state index is 4.30. The average Bonchev–Trinajstić information content (AvgIpc) is 3.11. The van der Waals surface area contributed by atoms with Crippen molar-refractivity contribution in [1.29, 1.82) is 0 Å². The minimum atomic E-state index is 0.278. The SMILES string of the molecule is CCC1(C)CN(CCc2ccnn2C)C2(CCCC2)CN1. The first kappa shape index (κ1) is 15.0. The van der Waals surface area contributed by atoms with Gasteiger partial charge in [-0.2, -0.15) is 5.10 Å². The largest absolute Gasteiger partial charge is 0.308 e. The van der Waals surface area contributed by atoms with Crippen LogP contribution in [0.3, 0.4) is 0 Å². The van der Waals surface area contributed by atoms with Gasteiger partial charge in [0.25, 0.3) is 0 Å². The highest BCUT2D eigenvalue weighted by molar-refractivity contribution is 5.07. The Labute approximate surface area is 128 Å². The molecule has 2 heterocycles. The summed E-state index contributed by atoms with van der Waals surface area (Å²) < 4.78 is 2.02. The van der Waals surface area contributed by atoms with E-state index in [0.29, 0.717) is 5.54 Å². The fourth-order valence-corrected chi connectivity index (χ4v) is 4.11. The molecule has 1 atom stereocenters. The van der Waals surface area contributed by atoms with Crippen molar-refractivity contribution in [2.24, 2.45) is 7.05 Å². The molecule has 0 radical (unpaired) electrons. The van der Waals surface area contributed by atoms with Gasteiger partial charge in [-0.3, -0.25) is 9.58 Å². The van der Waals surface area contributed by atoms with Crippen molar-refractivity contribution in [3.8, 4) is 0 Å². The molecule has 1 saturated heterocycles. The van der Waals surface area contributed by atoms with Gasteiger partial charge in [0.1, 0.15) is 0 Å². The van der Waals surface area contributed by atoms with Gasteiger partial charge in [0.2, 0.25) is 0 Å². The molecule has 4 heteroatoms. The van der Waals surface area contributed by atoms with Gasteiger partial charge in [-0.1, -0.05) is 19.8 Å². The summed E-state index contributed by atoms with van der Waals surface area (Å²) in [6.45, 7) is 8.20. The fraction of sp³-hybridized carbons (Fsp3) is 0.824. The van der Waals surface area contributed by atoms with Crippen LogP contribution in [-0.2, 0) is 13.5 Å². The average molecular weight is 290 g/mol. The van der Waals surface area contributed by atoms with Crippen LogP contribution in [0.5, 0.6) is 0 Å². The summed E-state index contributed by atoms with van der Waals surface area (Å²) in [7, 11) is 2.05. The number of piperazine rings is 1. The van der Waals surface area contributed by atoms with Gasteiger partial charge in [0.15, 0.2) is 0 Å². The van der Waals surface area contributed by atoms with Crippen molar-refractivity contribution >= 4 is 0 Å². The standard InChI is InChI=1S/C17H30N4/c1-4-16(2)14-21(12-8-15-7-11-19-20(15)3)17(13-18-16)9-5-6-10-17/h7,11,18H,4-6,8-10,12-14H2,1-3H3. The number of nitrogens with zero attached hydrogens (tertiary/aromatic N) is 3. The smallest absolute Gasteiger partial charge is 0.0492 e. The van der Waals surface area contributed by atoms with Gasteiger partial charge in [-0.25, -0.2) is 0 Å². The Morgan fingerprint density at radius 1 is 1.33 bits per heavy atom. The van der Waals surface area contributed by atoms with Crippen molar-refractivity contribution in [3.05, 3.63) is 18.0 Å². The second-order valence-electron chi connectivity index (χ2n) is 7.32. The number of aryl methyl sites for hydroxylation is 1. The van der Waals surface area contributed by atoms with Crippen molar-refractivity contribution < 1.29 is 0 Å². The zero-order valence-electron chi connectivity index (χ0n) is 13.9. The molecule has 118 valence electrons. The fourth-order valence-electron chi connectivity index (χ4n) is 4.11. The molecule has 2 fully saturated rings. The first-order chi connectivity index (χ1) is 10.1.